The van der Waals surface area contributed by atoms with Gasteiger partial charge < -0.3 is 15.2 Å². The fraction of sp³-hybridized carbons (Fsp3) is 0.600. The Labute approximate surface area is 117 Å². The van der Waals surface area contributed by atoms with Crippen molar-refractivity contribution in [3.8, 4) is 11.5 Å². The topological polar surface area (TPSA) is 44.5 Å². The van der Waals surface area contributed by atoms with Gasteiger partial charge in [-0.1, -0.05) is 0 Å². The number of ether oxygens (including phenoxy) is 2. The van der Waals surface area contributed by atoms with Crippen molar-refractivity contribution in [3.05, 3.63) is 23.3 Å². The van der Waals surface area contributed by atoms with Gasteiger partial charge in [0.15, 0.2) is 11.5 Å². The normalized spacial score (nSPS) is 20.4. The molecule has 3 nitrogen and oxygen atoms in total. The number of rotatable bonds is 3. The van der Waals surface area contributed by atoms with E-state index in [0.717, 1.165) is 26.2 Å². The van der Waals surface area contributed by atoms with Gasteiger partial charge in [0.2, 0.25) is 0 Å². The van der Waals surface area contributed by atoms with Crippen LogP contribution in [0.3, 0.4) is 0 Å². The van der Waals surface area contributed by atoms with Crippen molar-refractivity contribution >= 4 is 0 Å². The molecule has 1 heterocycles. The van der Waals surface area contributed by atoms with E-state index in [2.05, 4.69) is 0 Å². The van der Waals surface area contributed by atoms with Gasteiger partial charge in [0.25, 0.3) is 5.92 Å². The van der Waals surface area contributed by atoms with Gasteiger partial charge in [0, 0.05) is 30.9 Å². The Balaban J connectivity index is 2.14. The minimum Gasteiger partial charge on any atom is -0.490 e. The zero-order valence-electron chi connectivity index (χ0n) is 11.5. The second-order valence-corrected chi connectivity index (χ2v) is 5.77. The molecule has 1 aromatic rings. The number of hydrogen-bond acceptors (Lipinski definition) is 3. The largest absolute Gasteiger partial charge is 0.490 e. The zero-order chi connectivity index (χ0) is 14.4. The van der Waals surface area contributed by atoms with Gasteiger partial charge in [-0.25, -0.2) is 8.78 Å². The minimum atomic E-state index is -2.91. The van der Waals surface area contributed by atoms with Crippen molar-refractivity contribution in [1.29, 1.82) is 0 Å². The van der Waals surface area contributed by atoms with Crippen LogP contribution in [0.15, 0.2) is 12.1 Å². The van der Waals surface area contributed by atoms with Crippen LogP contribution < -0.4 is 15.2 Å². The molecule has 0 unspecified atom stereocenters. The summed E-state index contributed by atoms with van der Waals surface area (Å²) in [7, 11) is 0. The Morgan fingerprint density at radius 2 is 1.80 bits per heavy atom. The molecule has 0 atom stereocenters. The molecule has 1 saturated carbocycles. The van der Waals surface area contributed by atoms with Crippen LogP contribution in [0.2, 0.25) is 0 Å². The summed E-state index contributed by atoms with van der Waals surface area (Å²) in [6, 6.07) is 3.15. The quantitative estimate of drug-likeness (QED) is 0.927. The van der Waals surface area contributed by atoms with E-state index in [1.807, 2.05) is 0 Å². The van der Waals surface area contributed by atoms with E-state index in [1.165, 1.54) is 6.07 Å². The average Bonchev–Trinajstić information content (AvgIpc) is 3.20. The van der Waals surface area contributed by atoms with E-state index in [-0.39, 0.29) is 11.0 Å². The SMILES string of the molecule is CC(F)(F)c1cc2c(cc1C1(CN)CC1)OCCCO2. The standard InChI is InChI=1S/C15H19F2NO2/c1-14(16,17)10-7-12-13(20-6-2-5-19-12)8-11(10)15(9-18)3-4-15/h7-8H,2-6,9,18H2,1H3. The Bertz CT molecular complexity index is 521. The molecular formula is C15H19F2NO2. The minimum absolute atomic E-state index is 0.0182. The molecule has 20 heavy (non-hydrogen) atoms. The number of hydrogen-bond donors (Lipinski definition) is 1. The highest BCUT2D eigenvalue weighted by atomic mass is 19.3. The third-order valence-corrected chi connectivity index (χ3v) is 4.18. The second kappa shape index (κ2) is 4.58. The Hall–Kier alpha value is -1.36. The van der Waals surface area contributed by atoms with Crippen LogP contribution in [0.1, 0.15) is 37.3 Å². The summed E-state index contributed by atoms with van der Waals surface area (Å²) < 4.78 is 39.0. The number of nitrogens with two attached hydrogens (primary N) is 1. The molecule has 110 valence electrons. The van der Waals surface area contributed by atoms with Crippen LogP contribution in [0.5, 0.6) is 11.5 Å². The summed E-state index contributed by atoms with van der Waals surface area (Å²) >= 11 is 0. The lowest BCUT2D eigenvalue weighted by Crippen LogP contribution is -2.24. The highest BCUT2D eigenvalue weighted by molar-refractivity contribution is 5.53. The molecule has 0 aromatic heterocycles. The molecule has 1 aromatic carbocycles. The molecule has 1 aliphatic heterocycles. The summed E-state index contributed by atoms with van der Waals surface area (Å²) in [4.78, 5) is 0. The summed E-state index contributed by atoms with van der Waals surface area (Å²) in [6.45, 7) is 2.34. The van der Waals surface area contributed by atoms with Gasteiger partial charge in [-0.15, -0.1) is 0 Å². The first-order valence-electron chi connectivity index (χ1n) is 6.99. The first kappa shape index (κ1) is 13.6. The summed E-state index contributed by atoms with van der Waals surface area (Å²) in [5.74, 6) is -1.94. The molecule has 5 heteroatoms. The predicted molar refractivity (Wildman–Crippen MR) is 71.6 cm³/mol. The molecule has 1 aliphatic carbocycles. The van der Waals surface area contributed by atoms with Gasteiger partial charge in [-0.3, -0.25) is 0 Å². The summed E-state index contributed by atoms with van der Waals surface area (Å²) in [6.07, 6.45) is 2.46. The summed E-state index contributed by atoms with van der Waals surface area (Å²) in [5.41, 5.74) is 6.14. The van der Waals surface area contributed by atoms with E-state index in [4.69, 9.17) is 15.2 Å². The van der Waals surface area contributed by atoms with Crippen molar-refractivity contribution in [1.82, 2.24) is 0 Å². The summed E-state index contributed by atoms with van der Waals surface area (Å²) in [5, 5.41) is 0. The van der Waals surface area contributed by atoms with Crippen molar-refractivity contribution < 1.29 is 18.3 Å². The lowest BCUT2D eigenvalue weighted by molar-refractivity contribution is 0.0157. The van der Waals surface area contributed by atoms with Crippen LogP contribution in [0, 0.1) is 0 Å². The predicted octanol–water partition coefficient (Wildman–Crippen LogP) is 2.95. The highest BCUT2D eigenvalue weighted by Crippen LogP contribution is 2.53. The van der Waals surface area contributed by atoms with Crippen molar-refractivity contribution in [2.45, 2.75) is 37.5 Å². The molecule has 0 spiro atoms. The number of benzene rings is 1. The smallest absolute Gasteiger partial charge is 0.270 e. The van der Waals surface area contributed by atoms with Crippen LogP contribution in [0.25, 0.3) is 0 Å². The molecule has 0 saturated heterocycles. The van der Waals surface area contributed by atoms with E-state index >= 15 is 0 Å². The fourth-order valence-electron chi connectivity index (χ4n) is 2.74. The number of halogens is 2. The van der Waals surface area contributed by atoms with Crippen molar-refractivity contribution in [2.75, 3.05) is 19.8 Å². The van der Waals surface area contributed by atoms with Gasteiger partial charge in [-0.2, -0.15) is 0 Å². The third kappa shape index (κ3) is 2.24. The first-order chi connectivity index (χ1) is 9.46. The Morgan fingerprint density at radius 3 is 2.30 bits per heavy atom. The average molecular weight is 283 g/mol. The number of fused-ring (bicyclic) bond motifs is 1. The van der Waals surface area contributed by atoms with Gasteiger partial charge >= 0.3 is 0 Å². The lowest BCUT2D eigenvalue weighted by Gasteiger charge is -2.23. The van der Waals surface area contributed by atoms with Crippen LogP contribution in [0.4, 0.5) is 8.78 Å². The van der Waals surface area contributed by atoms with E-state index in [9.17, 15) is 8.78 Å². The molecule has 3 rings (SSSR count). The maximum absolute atomic E-state index is 13.9. The molecule has 1 fully saturated rings. The van der Waals surface area contributed by atoms with Gasteiger partial charge in [0.05, 0.1) is 13.2 Å². The number of alkyl halides is 2. The Morgan fingerprint density at radius 1 is 1.20 bits per heavy atom. The second-order valence-electron chi connectivity index (χ2n) is 5.77. The van der Waals surface area contributed by atoms with E-state index in [1.54, 1.807) is 6.07 Å². The molecule has 0 bridgehead atoms. The van der Waals surface area contributed by atoms with E-state index < -0.39 is 5.92 Å². The lowest BCUT2D eigenvalue weighted by atomic mass is 9.88. The van der Waals surface area contributed by atoms with Gasteiger partial charge in [0.1, 0.15) is 0 Å². The van der Waals surface area contributed by atoms with Crippen LogP contribution >= 0.6 is 0 Å². The molecule has 2 aliphatic rings. The zero-order valence-corrected chi connectivity index (χ0v) is 11.5. The van der Waals surface area contributed by atoms with Gasteiger partial charge in [-0.05, 0) is 30.5 Å². The molecule has 0 amide bonds. The maximum atomic E-state index is 13.9. The molecule has 0 radical (unpaired) electrons. The Kier molecular flexibility index (Phi) is 3.12. The highest BCUT2D eigenvalue weighted by Gasteiger charge is 2.47. The first-order valence-corrected chi connectivity index (χ1v) is 6.99. The molecular weight excluding hydrogens is 264 g/mol. The molecule has 2 N–H and O–H groups in total. The van der Waals surface area contributed by atoms with Crippen molar-refractivity contribution in [2.24, 2.45) is 5.73 Å². The van der Waals surface area contributed by atoms with E-state index in [0.29, 0.717) is 36.8 Å². The maximum Gasteiger partial charge on any atom is 0.270 e. The fourth-order valence-corrected chi connectivity index (χ4v) is 2.74. The third-order valence-electron chi connectivity index (χ3n) is 4.18. The van der Waals surface area contributed by atoms with Crippen LogP contribution in [-0.2, 0) is 11.3 Å². The van der Waals surface area contributed by atoms with Crippen LogP contribution in [-0.4, -0.2) is 19.8 Å². The monoisotopic (exact) mass is 283 g/mol. The van der Waals surface area contributed by atoms with Crippen molar-refractivity contribution in [3.63, 3.8) is 0 Å².